The molecule has 2 atom stereocenters. The van der Waals surface area contributed by atoms with Crippen LogP contribution in [0, 0.1) is 0 Å². The largest absolute Gasteiger partial charge is 0.396 e. The maximum absolute atomic E-state index is 12.5. The van der Waals surface area contributed by atoms with Gasteiger partial charge in [0.15, 0.2) is 5.82 Å². The molecule has 6 rings (SSSR count). The summed E-state index contributed by atoms with van der Waals surface area (Å²) in [4.78, 5) is 31.4. The highest BCUT2D eigenvalue weighted by Crippen LogP contribution is 2.30. The molecule has 4 heterocycles. The number of fused-ring (bicyclic) bond motifs is 2. The molecule has 0 saturated carbocycles. The van der Waals surface area contributed by atoms with Crippen LogP contribution < -0.4 is 20.4 Å². The van der Waals surface area contributed by atoms with Crippen molar-refractivity contribution >= 4 is 29.3 Å². The maximum Gasteiger partial charge on any atom is 0.323 e. The number of benzene rings is 2. The third-order valence-electron chi connectivity index (χ3n) is 7.25. The van der Waals surface area contributed by atoms with E-state index in [0.29, 0.717) is 48.7 Å². The molecule has 3 N–H and O–H groups in total. The van der Waals surface area contributed by atoms with Crippen LogP contribution in [0.15, 0.2) is 48.5 Å². The first-order chi connectivity index (χ1) is 19.1. The molecule has 39 heavy (non-hydrogen) atoms. The molecule has 11 nitrogen and oxygen atoms in total. The van der Waals surface area contributed by atoms with E-state index in [9.17, 15) is 4.79 Å². The highest BCUT2D eigenvalue weighted by atomic mass is 16.5. The van der Waals surface area contributed by atoms with Crippen molar-refractivity contribution in [3.05, 3.63) is 54.1 Å². The molecule has 0 spiro atoms. The van der Waals surface area contributed by atoms with Gasteiger partial charge in [-0.1, -0.05) is 12.1 Å². The van der Waals surface area contributed by atoms with E-state index in [1.165, 1.54) is 0 Å². The number of aliphatic hydroxyl groups is 1. The van der Waals surface area contributed by atoms with E-state index in [4.69, 9.17) is 29.5 Å². The molecule has 204 valence electrons. The Bertz CT molecular complexity index is 1270. The smallest absolute Gasteiger partial charge is 0.323 e. The number of hydrogen-bond donors (Lipinski definition) is 3. The number of carbonyl (C=O) groups excluding carboxylic acids is 1. The fourth-order valence-corrected chi connectivity index (χ4v) is 5.19. The van der Waals surface area contributed by atoms with Crippen molar-refractivity contribution in [2.75, 3.05) is 66.4 Å². The number of ether oxygens (including phenoxy) is 2. The van der Waals surface area contributed by atoms with E-state index >= 15 is 0 Å². The zero-order valence-corrected chi connectivity index (χ0v) is 21.8. The Morgan fingerprint density at radius 1 is 0.846 bits per heavy atom. The predicted molar refractivity (Wildman–Crippen MR) is 148 cm³/mol. The van der Waals surface area contributed by atoms with E-state index in [1.807, 2.05) is 48.5 Å². The number of nitrogens with one attached hydrogen (secondary N) is 2. The fourth-order valence-electron chi connectivity index (χ4n) is 5.19. The molecule has 3 aromatic rings. The molecule has 2 aromatic carbocycles. The van der Waals surface area contributed by atoms with Gasteiger partial charge in [-0.2, -0.15) is 15.0 Å². The van der Waals surface area contributed by atoms with Crippen LogP contribution in [0.1, 0.15) is 18.4 Å². The zero-order valence-electron chi connectivity index (χ0n) is 21.8. The zero-order chi connectivity index (χ0) is 26.6. The van der Waals surface area contributed by atoms with Gasteiger partial charge in [-0.05, 0) is 61.2 Å². The quantitative estimate of drug-likeness (QED) is 0.422. The number of morpholine rings is 2. The van der Waals surface area contributed by atoms with Gasteiger partial charge in [0.25, 0.3) is 0 Å². The lowest BCUT2D eigenvalue weighted by molar-refractivity contribution is 0.0299. The average molecular weight is 532 g/mol. The lowest BCUT2D eigenvalue weighted by Crippen LogP contribution is -2.44. The number of amides is 2. The number of aliphatic hydroxyl groups excluding tert-OH is 1. The lowest BCUT2D eigenvalue weighted by Gasteiger charge is -2.33. The van der Waals surface area contributed by atoms with Crippen LogP contribution in [0.2, 0.25) is 0 Å². The van der Waals surface area contributed by atoms with Crippen LogP contribution in [0.25, 0.3) is 11.4 Å². The first-order valence-electron chi connectivity index (χ1n) is 13.5. The topological polar surface area (TPSA) is 125 Å². The van der Waals surface area contributed by atoms with Gasteiger partial charge in [0, 0.05) is 49.7 Å². The van der Waals surface area contributed by atoms with Gasteiger partial charge in [-0.15, -0.1) is 0 Å². The summed E-state index contributed by atoms with van der Waals surface area (Å²) in [5.74, 6) is 1.93. The number of anilines is 4. The third-order valence-corrected chi connectivity index (χ3v) is 7.25. The molecule has 11 heteroatoms. The SMILES string of the molecule is O=C(Nc1ccc(CCO)cc1)Nc1ccc(-c2nc(N3CCOCC3)nc(N3CC4CCC(C3)O4)n2)cc1. The van der Waals surface area contributed by atoms with Gasteiger partial charge >= 0.3 is 6.03 Å². The molecule has 0 radical (unpaired) electrons. The summed E-state index contributed by atoms with van der Waals surface area (Å²) >= 11 is 0. The van der Waals surface area contributed by atoms with Crippen LogP contribution in [0.5, 0.6) is 0 Å². The number of nitrogens with zero attached hydrogens (tertiary/aromatic N) is 5. The molecule has 2 amide bonds. The summed E-state index contributed by atoms with van der Waals surface area (Å²) in [5.41, 5.74) is 3.18. The number of aromatic nitrogens is 3. The van der Waals surface area contributed by atoms with Crippen LogP contribution in [-0.4, -0.2) is 84.3 Å². The van der Waals surface area contributed by atoms with Gasteiger partial charge in [-0.3, -0.25) is 0 Å². The number of rotatable bonds is 7. The van der Waals surface area contributed by atoms with Crippen LogP contribution in [0.4, 0.5) is 28.1 Å². The summed E-state index contributed by atoms with van der Waals surface area (Å²) in [7, 11) is 0. The summed E-state index contributed by atoms with van der Waals surface area (Å²) in [6, 6.07) is 14.6. The summed E-state index contributed by atoms with van der Waals surface area (Å²) in [5, 5.41) is 14.7. The average Bonchev–Trinajstić information content (AvgIpc) is 3.31. The minimum absolute atomic E-state index is 0.0950. The number of urea groups is 1. The Morgan fingerprint density at radius 2 is 1.44 bits per heavy atom. The van der Waals surface area contributed by atoms with Gasteiger partial charge in [0.05, 0.1) is 25.4 Å². The molecule has 2 unspecified atom stereocenters. The van der Waals surface area contributed by atoms with Gasteiger partial charge in [-0.25, -0.2) is 4.79 Å². The van der Waals surface area contributed by atoms with Crippen molar-refractivity contribution < 1.29 is 19.4 Å². The third kappa shape index (κ3) is 6.11. The second-order valence-electron chi connectivity index (χ2n) is 10.0. The molecule has 1 aromatic heterocycles. The van der Waals surface area contributed by atoms with Gasteiger partial charge < -0.3 is 35.0 Å². The molecule has 0 aliphatic carbocycles. The predicted octanol–water partition coefficient (Wildman–Crippen LogP) is 2.92. The van der Waals surface area contributed by atoms with Crippen molar-refractivity contribution in [3.8, 4) is 11.4 Å². The molecule has 3 saturated heterocycles. The minimum atomic E-state index is -0.336. The lowest BCUT2D eigenvalue weighted by atomic mass is 10.1. The van der Waals surface area contributed by atoms with E-state index in [1.54, 1.807) is 0 Å². The van der Waals surface area contributed by atoms with Crippen molar-refractivity contribution in [3.63, 3.8) is 0 Å². The van der Waals surface area contributed by atoms with E-state index in [-0.39, 0.29) is 24.8 Å². The van der Waals surface area contributed by atoms with Crippen molar-refractivity contribution in [1.82, 2.24) is 15.0 Å². The monoisotopic (exact) mass is 531 g/mol. The van der Waals surface area contributed by atoms with Crippen molar-refractivity contribution in [2.24, 2.45) is 0 Å². The first kappa shape index (κ1) is 25.5. The van der Waals surface area contributed by atoms with Crippen LogP contribution in [0.3, 0.4) is 0 Å². The minimum Gasteiger partial charge on any atom is -0.396 e. The van der Waals surface area contributed by atoms with Gasteiger partial charge in [0.2, 0.25) is 11.9 Å². The molecule has 3 fully saturated rings. The summed E-state index contributed by atoms with van der Waals surface area (Å²) in [6.45, 7) is 4.42. The highest BCUT2D eigenvalue weighted by molar-refractivity contribution is 5.99. The Kier molecular flexibility index (Phi) is 7.53. The molecule has 2 bridgehead atoms. The van der Waals surface area contributed by atoms with Gasteiger partial charge in [0.1, 0.15) is 0 Å². The molecule has 3 aliphatic rings. The number of hydrogen-bond acceptors (Lipinski definition) is 9. The Labute approximate surface area is 227 Å². The Morgan fingerprint density at radius 3 is 2.05 bits per heavy atom. The summed E-state index contributed by atoms with van der Waals surface area (Å²) < 4.78 is 11.5. The molecular formula is C28H33N7O4. The van der Waals surface area contributed by atoms with Crippen molar-refractivity contribution in [1.29, 1.82) is 0 Å². The Hall–Kier alpha value is -3.80. The Balaban J connectivity index is 1.18. The van der Waals surface area contributed by atoms with E-state index < -0.39 is 0 Å². The number of carbonyl (C=O) groups is 1. The maximum atomic E-state index is 12.5. The van der Waals surface area contributed by atoms with Crippen molar-refractivity contribution in [2.45, 2.75) is 31.5 Å². The molecule has 3 aliphatic heterocycles. The first-order valence-corrected chi connectivity index (χ1v) is 13.5. The van der Waals surface area contributed by atoms with Crippen LogP contribution in [-0.2, 0) is 15.9 Å². The molecular weight excluding hydrogens is 498 g/mol. The normalized spacial score (nSPS) is 20.6. The fraction of sp³-hybridized carbons (Fsp3) is 0.429. The van der Waals surface area contributed by atoms with Crippen LogP contribution >= 0.6 is 0 Å². The summed E-state index contributed by atoms with van der Waals surface area (Å²) in [6.07, 6.45) is 3.19. The highest BCUT2D eigenvalue weighted by Gasteiger charge is 2.35. The van der Waals surface area contributed by atoms with E-state index in [2.05, 4.69) is 20.4 Å². The standard InChI is InChI=1S/C28H33N7O4/c36-14-11-19-1-5-21(6-2-19)29-28(37)30-22-7-3-20(4-8-22)25-31-26(34-12-15-38-16-13-34)33-27(32-25)35-17-23-9-10-24(18-35)39-23/h1-8,23-24,36H,9-18H2,(H2,29,30,37). The van der Waals surface area contributed by atoms with E-state index in [0.717, 1.165) is 50.1 Å². The second-order valence-corrected chi connectivity index (χ2v) is 10.0. The second kappa shape index (κ2) is 11.5.